The van der Waals surface area contributed by atoms with Gasteiger partial charge in [-0.1, -0.05) is 6.07 Å². The van der Waals surface area contributed by atoms with Crippen LogP contribution in [0.15, 0.2) is 33.6 Å². The predicted molar refractivity (Wildman–Crippen MR) is 77.1 cm³/mol. The number of carboxylic acids is 1. The maximum absolute atomic E-state index is 12.3. The maximum atomic E-state index is 12.3. The van der Waals surface area contributed by atoms with Crippen LogP contribution in [0.25, 0.3) is 0 Å². The van der Waals surface area contributed by atoms with Gasteiger partial charge in [0.2, 0.25) is 5.76 Å². The Hall–Kier alpha value is -2.28. The van der Waals surface area contributed by atoms with Crippen molar-refractivity contribution in [1.82, 2.24) is 0 Å². The Bertz CT molecular complexity index is 805. The number of sulfonamides is 1. The first-order valence-electron chi connectivity index (χ1n) is 6.14. The lowest BCUT2D eigenvalue weighted by Gasteiger charge is -2.09. The third-order valence-electron chi connectivity index (χ3n) is 3.13. The number of benzene rings is 1. The summed E-state index contributed by atoms with van der Waals surface area (Å²) in [6.07, 6.45) is 0. The second kappa shape index (κ2) is 5.25. The quantitative estimate of drug-likeness (QED) is 0.905. The van der Waals surface area contributed by atoms with Crippen molar-refractivity contribution in [2.24, 2.45) is 0 Å². The van der Waals surface area contributed by atoms with E-state index in [1.807, 2.05) is 13.8 Å². The summed E-state index contributed by atoms with van der Waals surface area (Å²) in [6.45, 7) is 5.20. The molecule has 0 saturated carbocycles. The number of aryl methyl sites for hydroxylation is 3. The van der Waals surface area contributed by atoms with E-state index < -0.39 is 21.8 Å². The Balaban J connectivity index is 2.38. The zero-order chi connectivity index (χ0) is 15.8. The van der Waals surface area contributed by atoms with Crippen molar-refractivity contribution in [2.75, 3.05) is 4.72 Å². The molecule has 0 aliphatic carbocycles. The number of hydrogen-bond donors (Lipinski definition) is 2. The minimum atomic E-state index is -3.89. The molecule has 0 aliphatic heterocycles. The lowest BCUT2D eigenvalue weighted by atomic mass is 10.1. The number of hydrogen-bond acceptors (Lipinski definition) is 4. The van der Waals surface area contributed by atoms with Gasteiger partial charge in [0, 0.05) is 11.8 Å². The monoisotopic (exact) mass is 309 g/mol. The largest absolute Gasteiger partial charge is 0.475 e. The smallest absolute Gasteiger partial charge is 0.371 e. The average Bonchev–Trinajstić information content (AvgIpc) is 2.77. The molecule has 0 saturated heterocycles. The lowest BCUT2D eigenvalue weighted by Crippen LogP contribution is -2.13. The molecule has 7 heteroatoms. The number of anilines is 1. The third kappa shape index (κ3) is 3.08. The summed E-state index contributed by atoms with van der Waals surface area (Å²) in [5.41, 5.74) is 2.41. The van der Waals surface area contributed by atoms with E-state index >= 15 is 0 Å². The van der Waals surface area contributed by atoms with Crippen molar-refractivity contribution in [3.05, 3.63) is 46.9 Å². The van der Waals surface area contributed by atoms with E-state index in [0.717, 1.165) is 17.2 Å². The molecule has 112 valence electrons. The third-order valence-corrected chi connectivity index (χ3v) is 4.62. The Morgan fingerprint density at radius 3 is 2.33 bits per heavy atom. The minimum Gasteiger partial charge on any atom is -0.475 e. The summed E-state index contributed by atoms with van der Waals surface area (Å²) in [4.78, 5) is 10.6. The van der Waals surface area contributed by atoms with Crippen LogP contribution in [0.1, 0.15) is 27.4 Å². The summed E-state index contributed by atoms with van der Waals surface area (Å²) >= 11 is 0. The number of furan rings is 1. The highest BCUT2D eigenvalue weighted by Crippen LogP contribution is 2.24. The van der Waals surface area contributed by atoms with Crippen molar-refractivity contribution in [2.45, 2.75) is 25.7 Å². The maximum Gasteiger partial charge on any atom is 0.371 e. The lowest BCUT2D eigenvalue weighted by molar-refractivity contribution is 0.0661. The molecule has 2 N–H and O–H groups in total. The van der Waals surface area contributed by atoms with Gasteiger partial charge in [-0.3, -0.25) is 4.72 Å². The average molecular weight is 309 g/mol. The molecule has 0 fully saturated rings. The van der Waals surface area contributed by atoms with E-state index in [1.165, 1.54) is 6.92 Å². The van der Waals surface area contributed by atoms with Gasteiger partial charge in [-0.05, 0) is 44.0 Å². The first-order valence-corrected chi connectivity index (χ1v) is 7.63. The fourth-order valence-electron chi connectivity index (χ4n) is 1.85. The van der Waals surface area contributed by atoms with E-state index in [1.54, 1.807) is 18.2 Å². The molecule has 1 aromatic carbocycles. The van der Waals surface area contributed by atoms with Gasteiger partial charge in [0.25, 0.3) is 10.0 Å². The Kier molecular flexibility index (Phi) is 3.78. The molecule has 21 heavy (non-hydrogen) atoms. The van der Waals surface area contributed by atoms with E-state index in [9.17, 15) is 13.2 Å². The molecule has 0 aliphatic rings. The zero-order valence-electron chi connectivity index (χ0n) is 11.8. The molecule has 0 bridgehead atoms. The van der Waals surface area contributed by atoms with E-state index in [4.69, 9.17) is 9.52 Å². The number of carboxylic acid groups (broad SMARTS) is 1. The molecule has 0 unspecified atom stereocenters. The topological polar surface area (TPSA) is 96.6 Å². The Labute approximate surface area is 122 Å². The van der Waals surface area contributed by atoms with E-state index in [2.05, 4.69) is 4.72 Å². The molecule has 0 amide bonds. The molecule has 0 spiro atoms. The van der Waals surface area contributed by atoms with Crippen LogP contribution >= 0.6 is 0 Å². The van der Waals surface area contributed by atoms with Crippen LogP contribution in [-0.4, -0.2) is 19.5 Å². The first-order chi connectivity index (χ1) is 9.70. The van der Waals surface area contributed by atoms with Crippen molar-refractivity contribution in [1.29, 1.82) is 0 Å². The molecular weight excluding hydrogens is 294 g/mol. The van der Waals surface area contributed by atoms with Crippen LogP contribution in [0.4, 0.5) is 5.69 Å². The molecule has 6 nitrogen and oxygen atoms in total. The number of nitrogens with one attached hydrogen (secondary N) is 1. The van der Waals surface area contributed by atoms with Crippen LogP contribution in [0.5, 0.6) is 0 Å². The highest BCUT2D eigenvalue weighted by molar-refractivity contribution is 7.92. The van der Waals surface area contributed by atoms with Crippen LogP contribution in [-0.2, 0) is 10.0 Å². The van der Waals surface area contributed by atoms with Crippen LogP contribution < -0.4 is 4.72 Å². The Morgan fingerprint density at radius 2 is 1.81 bits per heavy atom. The van der Waals surface area contributed by atoms with E-state index in [0.29, 0.717) is 5.69 Å². The van der Waals surface area contributed by atoms with Crippen molar-refractivity contribution >= 4 is 21.7 Å². The SMILES string of the molecule is Cc1ccc(NS(=O)(=O)c2cc(C(=O)O)oc2C)cc1C. The molecule has 1 aromatic heterocycles. The molecule has 2 rings (SSSR count). The predicted octanol–water partition coefficient (Wildman–Crippen LogP) is 2.70. The van der Waals surface area contributed by atoms with Gasteiger partial charge in [-0.2, -0.15) is 0 Å². The highest BCUT2D eigenvalue weighted by Gasteiger charge is 2.24. The molecule has 0 radical (unpaired) electrons. The summed E-state index contributed by atoms with van der Waals surface area (Å²) in [5.74, 6) is -1.69. The molecule has 0 atom stereocenters. The van der Waals surface area contributed by atoms with Gasteiger partial charge in [-0.25, -0.2) is 13.2 Å². The summed E-state index contributed by atoms with van der Waals surface area (Å²) in [7, 11) is -3.89. The fraction of sp³-hybridized carbons (Fsp3) is 0.214. The number of rotatable bonds is 4. The summed E-state index contributed by atoms with van der Waals surface area (Å²) in [6, 6.07) is 6.16. The zero-order valence-corrected chi connectivity index (χ0v) is 12.6. The van der Waals surface area contributed by atoms with Gasteiger partial charge in [0.05, 0.1) is 0 Å². The minimum absolute atomic E-state index is 0.0312. The highest BCUT2D eigenvalue weighted by atomic mass is 32.2. The first kappa shape index (κ1) is 15.1. The Morgan fingerprint density at radius 1 is 1.14 bits per heavy atom. The van der Waals surface area contributed by atoms with Gasteiger partial charge in [0.15, 0.2) is 0 Å². The molecule has 1 heterocycles. The van der Waals surface area contributed by atoms with Crippen LogP contribution in [0, 0.1) is 20.8 Å². The molecular formula is C14H15NO5S. The summed E-state index contributed by atoms with van der Waals surface area (Å²) < 4.78 is 31.9. The van der Waals surface area contributed by atoms with E-state index in [-0.39, 0.29) is 10.7 Å². The van der Waals surface area contributed by atoms with Gasteiger partial charge in [0.1, 0.15) is 10.7 Å². The van der Waals surface area contributed by atoms with Crippen LogP contribution in [0.3, 0.4) is 0 Å². The summed E-state index contributed by atoms with van der Waals surface area (Å²) in [5, 5.41) is 8.84. The molecule has 2 aromatic rings. The standard InChI is InChI=1S/C14H15NO5S/c1-8-4-5-11(6-9(8)2)15-21(18,19)13-7-12(14(16)17)20-10(13)3/h4-7,15H,1-3H3,(H,16,17). The van der Waals surface area contributed by atoms with Gasteiger partial charge < -0.3 is 9.52 Å². The second-order valence-corrected chi connectivity index (χ2v) is 6.39. The van der Waals surface area contributed by atoms with Crippen molar-refractivity contribution in [3.63, 3.8) is 0 Å². The normalized spacial score (nSPS) is 11.4. The van der Waals surface area contributed by atoms with Crippen molar-refractivity contribution in [3.8, 4) is 0 Å². The van der Waals surface area contributed by atoms with Gasteiger partial charge in [-0.15, -0.1) is 0 Å². The second-order valence-electron chi connectivity index (χ2n) is 4.74. The number of aromatic carboxylic acids is 1. The van der Waals surface area contributed by atoms with Crippen LogP contribution in [0.2, 0.25) is 0 Å². The van der Waals surface area contributed by atoms with Gasteiger partial charge >= 0.3 is 5.97 Å². The van der Waals surface area contributed by atoms with Crippen molar-refractivity contribution < 1.29 is 22.7 Å². The number of carbonyl (C=O) groups is 1. The fourth-order valence-corrected chi connectivity index (χ4v) is 3.08.